The fourth-order valence-electron chi connectivity index (χ4n) is 3.26. The summed E-state index contributed by atoms with van der Waals surface area (Å²) in [4.78, 5) is 25.8. The van der Waals surface area contributed by atoms with Crippen LogP contribution in [0.25, 0.3) is 0 Å². The van der Waals surface area contributed by atoms with E-state index in [1.54, 1.807) is 18.5 Å². The molecule has 0 bridgehead atoms. The van der Waals surface area contributed by atoms with E-state index in [4.69, 9.17) is 4.74 Å². The highest BCUT2D eigenvalue weighted by molar-refractivity contribution is 5.92. The number of aromatic nitrogens is 3. The number of carbonyl (C=O) groups is 1. The second-order valence-corrected chi connectivity index (χ2v) is 6.35. The van der Waals surface area contributed by atoms with Gasteiger partial charge in [0.15, 0.2) is 0 Å². The van der Waals surface area contributed by atoms with Gasteiger partial charge in [-0.05, 0) is 46.9 Å². The Bertz CT molecular complexity index is 878. The van der Waals surface area contributed by atoms with Crippen molar-refractivity contribution in [2.24, 2.45) is 0 Å². The van der Waals surface area contributed by atoms with Crippen LogP contribution in [0.5, 0.6) is 0 Å². The monoisotopic (exact) mass is 348 g/mol. The van der Waals surface area contributed by atoms with Gasteiger partial charge in [0.05, 0.1) is 13.2 Å². The van der Waals surface area contributed by atoms with E-state index in [2.05, 4.69) is 15.0 Å². The lowest BCUT2D eigenvalue weighted by molar-refractivity contribution is 0.0726. The summed E-state index contributed by atoms with van der Waals surface area (Å²) in [6.07, 6.45) is 9.86. The van der Waals surface area contributed by atoms with Crippen LogP contribution < -0.4 is 0 Å². The van der Waals surface area contributed by atoms with Crippen LogP contribution in [0.3, 0.4) is 0 Å². The van der Waals surface area contributed by atoms with Gasteiger partial charge in [0.2, 0.25) is 0 Å². The third kappa shape index (κ3) is 3.50. The van der Waals surface area contributed by atoms with E-state index in [1.165, 1.54) is 5.56 Å². The van der Waals surface area contributed by atoms with Crippen LogP contribution in [0.15, 0.2) is 55.2 Å². The summed E-state index contributed by atoms with van der Waals surface area (Å²) in [7, 11) is 0. The zero-order valence-corrected chi connectivity index (χ0v) is 14.4. The van der Waals surface area contributed by atoms with E-state index >= 15 is 0 Å². The number of amides is 1. The van der Waals surface area contributed by atoms with Gasteiger partial charge >= 0.3 is 0 Å². The van der Waals surface area contributed by atoms with Gasteiger partial charge in [-0.15, -0.1) is 0 Å². The first-order valence-electron chi connectivity index (χ1n) is 8.65. The Kier molecular flexibility index (Phi) is 4.75. The summed E-state index contributed by atoms with van der Waals surface area (Å²) in [5, 5.41) is 0. The van der Waals surface area contributed by atoms with Crippen LogP contribution in [0.2, 0.25) is 0 Å². The van der Waals surface area contributed by atoms with Crippen molar-refractivity contribution in [2.75, 3.05) is 6.54 Å². The molecule has 0 atom stereocenters. The van der Waals surface area contributed by atoms with Gasteiger partial charge in [-0.25, -0.2) is 0 Å². The van der Waals surface area contributed by atoms with Crippen LogP contribution in [-0.4, -0.2) is 32.3 Å². The van der Waals surface area contributed by atoms with Crippen LogP contribution >= 0.6 is 0 Å². The lowest BCUT2D eigenvalue weighted by Gasteiger charge is -2.29. The lowest BCUT2D eigenvalue weighted by atomic mass is 9.97. The molecule has 1 aliphatic heterocycles. The number of ether oxygens (including phenoxy) is 1. The smallest absolute Gasteiger partial charge is 0.270 e. The van der Waals surface area contributed by atoms with Crippen molar-refractivity contribution in [1.29, 1.82) is 0 Å². The van der Waals surface area contributed by atoms with Crippen LogP contribution in [0, 0.1) is 0 Å². The number of pyridine rings is 2. The number of nitrogens with zero attached hydrogens (tertiary/aromatic N) is 3. The molecule has 0 aromatic carbocycles. The molecule has 0 saturated heterocycles. The average molecular weight is 348 g/mol. The zero-order valence-electron chi connectivity index (χ0n) is 14.4. The predicted molar refractivity (Wildman–Crippen MR) is 96.2 cm³/mol. The SMILES string of the molecule is O=C(c1ccc[nH]1)N1CCc2c(COCc3cccnc3)cncc2C1. The van der Waals surface area contributed by atoms with Gasteiger partial charge in [-0.2, -0.15) is 0 Å². The number of hydrogen-bond donors (Lipinski definition) is 1. The van der Waals surface area contributed by atoms with E-state index in [-0.39, 0.29) is 5.91 Å². The van der Waals surface area contributed by atoms with Gasteiger partial charge < -0.3 is 14.6 Å². The molecule has 3 aromatic rings. The topological polar surface area (TPSA) is 71.1 Å². The quantitative estimate of drug-likeness (QED) is 0.770. The standard InChI is InChI=1S/C20H20N4O2/c25-20(19-4-2-7-23-19)24-8-5-18-16(12-24)10-22-11-17(18)14-26-13-15-3-1-6-21-9-15/h1-4,6-7,9-11,23H,5,8,12-14H2. The van der Waals surface area contributed by atoms with Gasteiger partial charge in [0.1, 0.15) is 5.69 Å². The molecular formula is C20H20N4O2. The molecule has 0 aliphatic carbocycles. The molecular weight excluding hydrogens is 328 g/mol. The molecule has 132 valence electrons. The van der Waals surface area contributed by atoms with Gasteiger partial charge in [0, 0.05) is 44.1 Å². The Morgan fingerprint density at radius 3 is 2.92 bits per heavy atom. The molecule has 0 fully saturated rings. The minimum Gasteiger partial charge on any atom is -0.372 e. The average Bonchev–Trinajstić information content (AvgIpc) is 3.23. The van der Waals surface area contributed by atoms with Gasteiger partial charge in [-0.3, -0.25) is 14.8 Å². The minimum atomic E-state index is 0.0267. The first-order chi connectivity index (χ1) is 12.8. The van der Waals surface area contributed by atoms with E-state index in [1.807, 2.05) is 41.7 Å². The number of hydrogen-bond acceptors (Lipinski definition) is 4. The third-order valence-corrected chi connectivity index (χ3v) is 4.59. The molecule has 1 N–H and O–H groups in total. The molecule has 3 aromatic heterocycles. The Balaban J connectivity index is 1.42. The summed E-state index contributed by atoms with van der Waals surface area (Å²) in [5.41, 5.74) is 5.11. The number of H-pyrrole nitrogens is 1. The van der Waals surface area contributed by atoms with Crippen LogP contribution in [0.1, 0.15) is 32.7 Å². The van der Waals surface area contributed by atoms with Crippen molar-refractivity contribution in [1.82, 2.24) is 19.9 Å². The summed E-state index contributed by atoms with van der Waals surface area (Å²) in [6, 6.07) is 7.54. The summed E-state index contributed by atoms with van der Waals surface area (Å²) < 4.78 is 5.84. The second-order valence-electron chi connectivity index (χ2n) is 6.35. The summed E-state index contributed by atoms with van der Waals surface area (Å²) >= 11 is 0. The van der Waals surface area contributed by atoms with E-state index in [0.29, 0.717) is 32.0 Å². The molecule has 0 radical (unpaired) electrons. The van der Waals surface area contributed by atoms with Crippen molar-refractivity contribution < 1.29 is 9.53 Å². The largest absolute Gasteiger partial charge is 0.372 e. The number of nitrogens with one attached hydrogen (secondary N) is 1. The fourth-order valence-corrected chi connectivity index (χ4v) is 3.26. The molecule has 1 amide bonds. The Labute approximate surface area is 151 Å². The first-order valence-corrected chi connectivity index (χ1v) is 8.65. The molecule has 6 heteroatoms. The van der Waals surface area contributed by atoms with E-state index in [9.17, 15) is 4.79 Å². The minimum absolute atomic E-state index is 0.0267. The lowest BCUT2D eigenvalue weighted by Crippen LogP contribution is -2.36. The molecule has 0 unspecified atom stereocenters. The first kappa shape index (κ1) is 16.5. The third-order valence-electron chi connectivity index (χ3n) is 4.59. The van der Waals surface area contributed by atoms with Crippen LogP contribution in [-0.2, 0) is 30.9 Å². The highest BCUT2D eigenvalue weighted by Gasteiger charge is 2.24. The molecule has 1 aliphatic rings. The van der Waals surface area contributed by atoms with Crippen molar-refractivity contribution in [3.63, 3.8) is 0 Å². The number of rotatable bonds is 5. The fraction of sp³-hybridized carbons (Fsp3) is 0.250. The number of fused-ring (bicyclic) bond motifs is 1. The summed E-state index contributed by atoms with van der Waals surface area (Å²) in [6.45, 7) is 2.31. The Hall–Kier alpha value is -2.99. The molecule has 4 rings (SSSR count). The number of carbonyl (C=O) groups excluding carboxylic acids is 1. The predicted octanol–water partition coefficient (Wildman–Crippen LogP) is 2.72. The maximum Gasteiger partial charge on any atom is 0.270 e. The maximum atomic E-state index is 12.5. The van der Waals surface area contributed by atoms with E-state index in [0.717, 1.165) is 23.1 Å². The zero-order chi connectivity index (χ0) is 17.8. The molecule has 6 nitrogen and oxygen atoms in total. The van der Waals surface area contributed by atoms with Crippen LogP contribution in [0.4, 0.5) is 0 Å². The Morgan fingerprint density at radius 2 is 2.12 bits per heavy atom. The van der Waals surface area contributed by atoms with Crippen molar-refractivity contribution in [3.05, 3.63) is 83.2 Å². The molecule has 0 saturated carbocycles. The Morgan fingerprint density at radius 1 is 1.15 bits per heavy atom. The summed E-state index contributed by atoms with van der Waals surface area (Å²) in [5.74, 6) is 0.0267. The second kappa shape index (κ2) is 7.49. The molecule has 4 heterocycles. The molecule has 26 heavy (non-hydrogen) atoms. The van der Waals surface area contributed by atoms with Crippen molar-refractivity contribution in [3.8, 4) is 0 Å². The molecule has 0 spiro atoms. The number of aromatic amines is 1. The van der Waals surface area contributed by atoms with Gasteiger partial charge in [0.25, 0.3) is 5.91 Å². The van der Waals surface area contributed by atoms with E-state index < -0.39 is 0 Å². The van der Waals surface area contributed by atoms with Crippen molar-refractivity contribution in [2.45, 2.75) is 26.2 Å². The highest BCUT2D eigenvalue weighted by Crippen LogP contribution is 2.23. The van der Waals surface area contributed by atoms with Gasteiger partial charge in [-0.1, -0.05) is 6.07 Å². The maximum absolute atomic E-state index is 12.5. The van der Waals surface area contributed by atoms with Crippen molar-refractivity contribution >= 4 is 5.91 Å². The normalized spacial score (nSPS) is 13.5. The highest BCUT2D eigenvalue weighted by atomic mass is 16.5.